The van der Waals surface area contributed by atoms with E-state index in [4.69, 9.17) is 4.74 Å². The van der Waals surface area contributed by atoms with Crippen molar-refractivity contribution in [2.24, 2.45) is 0 Å². The van der Waals surface area contributed by atoms with Gasteiger partial charge in [0.25, 0.3) is 10.0 Å². The van der Waals surface area contributed by atoms with Crippen LogP contribution >= 0.6 is 15.9 Å². The van der Waals surface area contributed by atoms with Gasteiger partial charge in [-0.2, -0.15) is 0 Å². The van der Waals surface area contributed by atoms with E-state index in [-0.39, 0.29) is 11.4 Å². The van der Waals surface area contributed by atoms with Gasteiger partial charge in [-0.3, -0.25) is 9.10 Å². The van der Waals surface area contributed by atoms with Gasteiger partial charge in [0.2, 0.25) is 5.91 Å². The second-order valence-corrected chi connectivity index (χ2v) is 7.92. The number of amides is 1. The van der Waals surface area contributed by atoms with Gasteiger partial charge in [-0.15, -0.1) is 0 Å². The molecule has 0 aliphatic rings. The number of halogens is 1. The zero-order valence-electron chi connectivity index (χ0n) is 13.7. The summed E-state index contributed by atoms with van der Waals surface area (Å²) in [6, 6.07) is 14.8. The average molecular weight is 427 g/mol. The molecule has 2 aromatic carbocycles. The lowest BCUT2D eigenvalue weighted by Gasteiger charge is -2.24. The molecule has 2 aromatic rings. The van der Waals surface area contributed by atoms with Crippen LogP contribution in [0.1, 0.15) is 0 Å². The Balaban J connectivity index is 2.32. The number of carbonyl (C=O) groups excluding carboxylic acids is 1. The normalized spacial score (nSPS) is 11.1. The summed E-state index contributed by atoms with van der Waals surface area (Å²) in [5, 5.41) is 2.64. The Morgan fingerprint density at radius 3 is 2.36 bits per heavy atom. The Bertz CT molecular complexity index is 795. The molecular formula is C17H19BrN2O4S. The number of rotatable bonds is 8. The SMILES string of the molecule is COCCNC(=O)CN(c1ccc(Br)cc1)S(=O)(=O)c1ccccc1. The maximum absolute atomic E-state index is 13.0. The molecule has 0 bridgehead atoms. The van der Waals surface area contributed by atoms with Gasteiger partial charge >= 0.3 is 0 Å². The molecule has 0 radical (unpaired) electrons. The van der Waals surface area contributed by atoms with Crippen molar-refractivity contribution >= 4 is 37.5 Å². The molecule has 1 amide bonds. The molecule has 0 spiro atoms. The van der Waals surface area contributed by atoms with Gasteiger partial charge < -0.3 is 10.1 Å². The van der Waals surface area contributed by atoms with Crippen LogP contribution in [-0.2, 0) is 19.6 Å². The average Bonchev–Trinajstić information content (AvgIpc) is 2.61. The van der Waals surface area contributed by atoms with E-state index in [2.05, 4.69) is 21.2 Å². The number of ether oxygens (including phenoxy) is 1. The van der Waals surface area contributed by atoms with Crippen molar-refractivity contribution in [2.45, 2.75) is 4.90 Å². The fraction of sp³-hybridized carbons (Fsp3) is 0.235. The van der Waals surface area contributed by atoms with Crippen molar-refractivity contribution in [1.29, 1.82) is 0 Å². The van der Waals surface area contributed by atoms with Gasteiger partial charge in [-0.05, 0) is 36.4 Å². The van der Waals surface area contributed by atoms with E-state index < -0.39 is 15.9 Å². The Kier molecular flexibility index (Phi) is 6.98. The minimum Gasteiger partial charge on any atom is -0.383 e. The Hall–Kier alpha value is -1.90. The lowest BCUT2D eigenvalue weighted by molar-refractivity contribution is -0.119. The highest BCUT2D eigenvalue weighted by Gasteiger charge is 2.26. The summed E-state index contributed by atoms with van der Waals surface area (Å²) in [7, 11) is -2.34. The second-order valence-electron chi connectivity index (χ2n) is 5.14. The third-order valence-corrected chi connectivity index (χ3v) is 5.68. The molecule has 0 atom stereocenters. The zero-order chi connectivity index (χ0) is 18.3. The van der Waals surface area contributed by atoms with Gasteiger partial charge in [0.1, 0.15) is 6.54 Å². The van der Waals surface area contributed by atoms with Gasteiger partial charge in [0, 0.05) is 18.1 Å². The predicted octanol–water partition coefficient (Wildman–Crippen LogP) is 2.41. The minimum atomic E-state index is -3.87. The van der Waals surface area contributed by atoms with Gasteiger partial charge in [-0.25, -0.2) is 8.42 Å². The molecule has 0 unspecified atom stereocenters. The number of anilines is 1. The third kappa shape index (κ3) is 5.29. The third-order valence-electron chi connectivity index (χ3n) is 3.36. The number of carbonyl (C=O) groups is 1. The summed E-state index contributed by atoms with van der Waals surface area (Å²) >= 11 is 3.32. The van der Waals surface area contributed by atoms with Crippen molar-refractivity contribution in [3.8, 4) is 0 Å². The fourth-order valence-electron chi connectivity index (χ4n) is 2.12. The van der Waals surface area contributed by atoms with E-state index in [0.717, 1.165) is 8.78 Å². The summed E-state index contributed by atoms with van der Waals surface area (Å²) in [5.41, 5.74) is 0.411. The van der Waals surface area contributed by atoms with Crippen LogP contribution in [0.15, 0.2) is 64.0 Å². The molecule has 8 heteroatoms. The molecule has 0 saturated carbocycles. The van der Waals surface area contributed by atoms with Crippen molar-refractivity contribution in [2.75, 3.05) is 31.1 Å². The van der Waals surface area contributed by atoms with Crippen LogP contribution in [0.3, 0.4) is 0 Å². The van der Waals surface area contributed by atoms with Crippen LogP contribution in [-0.4, -0.2) is 41.1 Å². The van der Waals surface area contributed by atoms with Crippen LogP contribution in [0.4, 0.5) is 5.69 Å². The van der Waals surface area contributed by atoms with Gasteiger partial charge in [-0.1, -0.05) is 34.1 Å². The van der Waals surface area contributed by atoms with Crippen LogP contribution in [0.2, 0.25) is 0 Å². The number of benzene rings is 2. The maximum atomic E-state index is 13.0. The number of nitrogens with zero attached hydrogens (tertiary/aromatic N) is 1. The van der Waals surface area contributed by atoms with E-state index in [1.807, 2.05) is 0 Å². The molecule has 134 valence electrons. The smallest absolute Gasteiger partial charge is 0.264 e. The number of methoxy groups -OCH3 is 1. The lowest BCUT2D eigenvalue weighted by atomic mass is 10.3. The molecule has 25 heavy (non-hydrogen) atoms. The topological polar surface area (TPSA) is 75.7 Å². The zero-order valence-corrected chi connectivity index (χ0v) is 16.1. The monoisotopic (exact) mass is 426 g/mol. The Labute approximate surface area is 156 Å². The first-order chi connectivity index (χ1) is 11.9. The number of hydrogen-bond acceptors (Lipinski definition) is 4. The summed E-state index contributed by atoms with van der Waals surface area (Å²) in [6.07, 6.45) is 0. The van der Waals surface area contributed by atoms with E-state index in [1.54, 1.807) is 42.5 Å². The Morgan fingerprint density at radius 1 is 1.12 bits per heavy atom. The highest BCUT2D eigenvalue weighted by molar-refractivity contribution is 9.10. The van der Waals surface area contributed by atoms with E-state index in [0.29, 0.717) is 18.8 Å². The van der Waals surface area contributed by atoms with E-state index in [9.17, 15) is 13.2 Å². The molecule has 2 rings (SSSR count). The van der Waals surface area contributed by atoms with Crippen LogP contribution in [0, 0.1) is 0 Å². The van der Waals surface area contributed by atoms with Crippen molar-refractivity contribution in [3.63, 3.8) is 0 Å². The summed E-state index contributed by atoms with van der Waals surface area (Å²) in [4.78, 5) is 12.3. The lowest BCUT2D eigenvalue weighted by Crippen LogP contribution is -2.41. The van der Waals surface area contributed by atoms with Crippen LogP contribution in [0.5, 0.6) is 0 Å². The minimum absolute atomic E-state index is 0.127. The van der Waals surface area contributed by atoms with E-state index >= 15 is 0 Å². The standard InChI is InChI=1S/C17H19BrN2O4S/c1-24-12-11-19-17(21)13-20(15-9-7-14(18)8-10-15)25(22,23)16-5-3-2-4-6-16/h2-10H,11-13H2,1H3,(H,19,21). The molecule has 0 aliphatic heterocycles. The first-order valence-corrected chi connectivity index (χ1v) is 9.77. The second kappa shape index (κ2) is 8.98. The summed E-state index contributed by atoms with van der Waals surface area (Å²) < 4.78 is 32.8. The Morgan fingerprint density at radius 2 is 1.76 bits per heavy atom. The largest absolute Gasteiger partial charge is 0.383 e. The maximum Gasteiger partial charge on any atom is 0.264 e. The molecule has 0 fully saturated rings. The van der Waals surface area contributed by atoms with Gasteiger partial charge in [0.05, 0.1) is 17.2 Å². The molecule has 6 nitrogen and oxygen atoms in total. The van der Waals surface area contributed by atoms with Crippen molar-refractivity contribution in [3.05, 3.63) is 59.1 Å². The predicted molar refractivity (Wildman–Crippen MR) is 100 cm³/mol. The molecule has 0 aliphatic carbocycles. The fourth-order valence-corrected chi connectivity index (χ4v) is 3.83. The highest BCUT2D eigenvalue weighted by atomic mass is 79.9. The summed E-state index contributed by atoms with van der Waals surface area (Å²) in [5.74, 6) is -0.403. The number of hydrogen-bond donors (Lipinski definition) is 1. The van der Waals surface area contributed by atoms with Crippen LogP contribution < -0.4 is 9.62 Å². The summed E-state index contributed by atoms with van der Waals surface area (Å²) in [6.45, 7) is 0.354. The first kappa shape index (κ1) is 19.4. The van der Waals surface area contributed by atoms with Crippen molar-refractivity contribution in [1.82, 2.24) is 5.32 Å². The molecule has 0 heterocycles. The van der Waals surface area contributed by atoms with Crippen LogP contribution in [0.25, 0.3) is 0 Å². The molecular weight excluding hydrogens is 408 g/mol. The highest BCUT2D eigenvalue weighted by Crippen LogP contribution is 2.25. The molecule has 0 saturated heterocycles. The van der Waals surface area contributed by atoms with Crippen molar-refractivity contribution < 1.29 is 17.9 Å². The van der Waals surface area contributed by atoms with Gasteiger partial charge in [0.15, 0.2) is 0 Å². The van der Waals surface area contributed by atoms with E-state index in [1.165, 1.54) is 19.2 Å². The molecule has 0 aromatic heterocycles. The quantitative estimate of drug-likeness (QED) is 0.657. The number of nitrogens with one attached hydrogen (secondary N) is 1. The first-order valence-electron chi connectivity index (χ1n) is 7.54. The number of sulfonamides is 1. The molecule has 1 N–H and O–H groups in total.